The van der Waals surface area contributed by atoms with Crippen LogP contribution in [0.2, 0.25) is 0 Å². The van der Waals surface area contributed by atoms with Crippen molar-refractivity contribution >= 4 is 5.90 Å². The van der Waals surface area contributed by atoms with Gasteiger partial charge in [0.25, 0.3) is 0 Å². The highest BCUT2D eigenvalue weighted by Gasteiger charge is 2.28. The molecule has 0 spiro atoms. The van der Waals surface area contributed by atoms with Crippen LogP contribution in [-0.4, -0.2) is 25.1 Å². The van der Waals surface area contributed by atoms with Crippen molar-refractivity contribution in [1.82, 2.24) is 5.32 Å². The molecule has 18 heavy (non-hydrogen) atoms. The molecule has 2 aliphatic heterocycles. The lowest BCUT2D eigenvalue weighted by atomic mass is 10.0. The van der Waals surface area contributed by atoms with Crippen LogP contribution < -0.4 is 5.32 Å². The molecule has 0 saturated carbocycles. The Hall–Kier alpha value is -1.35. The number of aryl methyl sites for hydroxylation is 1. The number of rotatable bonds is 2. The largest absolute Gasteiger partial charge is 0.477 e. The molecule has 0 aromatic heterocycles. The molecule has 0 radical (unpaired) electrons. The molecule has 1 saturated heterocycles. The fourth-order valence-corrected chi connectivity index (χ4v) is 2.77. The predicted molar refractivity (Wildman–Crippen MR) is 72.9 cm³/mol. The zero-order valence-electron chi connectivity index (χ0n) is 10.9. The molecule has 3 rings (SSSR count). The van der Waals surface area contributed by atoms with Gasteiger partial charge in [-0.1, -0.05) is 30.7 Å². The maximum absolute atomic E-state index is 5.80. The maximum Gasteiger partial charge on any atom is 0.201 e. The van der Waals surface area contributed by atoms with Gasteiger partial charge in [-0.05, 0) is 37.4 Å². The topological polar surface area (TPSA) is 33.6 Å². The van der Waals surface area contributed by atoms with E-state index < -0.39 is 0 Å². The molecule has 0 bridgehead atoms. The lowest BCUT2D eigenvalue weighted by Gasteiger charge is -2.22. The van der Waals surface area contributed by atoms with Crippen LogP contribution in [0.4, 0.5) is 0 Å². The second kappa shape index (κ2) is 5.11. The molecule has 1 N–H and O–H groups in total. The number of ether oxygens (including phenoxy) is 1. The van der Waals surface area contributed by atoms with Crippen molar-refractivity contribution < 1.29 is 4.74 Å². The number of hydrogen-bond acceptors (Lipinski definition) is 3. The molecule has 2 aliphatic rings. The normalized spacial score (nSPS) is 27.7. The van der Waals surface area contributed by atoms with E-state index in [1.165, 1.54) is 24.0 Å². The summed E-state index contributed by atoms with van der Waals surface area (Å²) in [6.07, 6.45) is 3.69. The van der Waals surface area contributed by atoms with Crippen molar-refractivity contribution in [2.45, 2.75) is 38.3 Å². The Morgan fingerprint density at radius 2 is 2.17 bits per heavy atom. The Balaban J connectivity index is 1.77. The third-order valence-electron chi connectivity index (χ3n) is 3.83. The van der Waals surface area contributed by atoms with Crippen LogP contribution in [0.3, 0.4) is 0 Å². The van der Waals surface area contributed by atoms with E-state index in [1.807, 2.05) is 0 Å². The molecular formula is C15H20N2O. The first kappa shape index (κ1) is 11.7. The summed E-state index contributed by atoms with van der Waals surface area (Å²) in [6.45, 7) is 3.92. The van der Waals surface area contributed by atoms with Gasteiger partial charge in [-0.2, -0.15) is 0 Å². The van der Waals surface area contributed by atoms with Gasteiger partial charge in [-0.25, -0.2) is 4.99 Å². The van der Waals surface area contributed by atoms with Crippen LogP contribution in [0.25, 0.3) is 0 Å². The molecule has 2 unspecified atom stereocenters. The van der Waals surface area contributed by atoms with Crippen LogP contribution in [0.5, 0.6) is 0 Å². The quantitative estimate of drug-likeness (QED) is 0.867. The van der Waals surface area contributed by atoms with Crippen molar-refractivity contribution in [2.24, 2.45) is 4.99 Å². The zero-order valence-corrected chi connectivity index (χ0v) is 10.9. The second-order valence-corrected chi connectivity index (χ2v) is 5.15. The summed E-state index contributed by atoms with van der Waals surface area (Å²) in [5.74, 6) is 0.919. The summed E-state index contributed by atoms with van der Waals surface area (Å²) in [4.78, 5) is 4.77. The predicted octanol–water partition coefficient (Wildman–Crippen LogP) is 2.61. The van der Waals surface area contributed by atoms with Crippen LogP contribution in [0, 0.1) is 6.92 Å². The van der Waals surface area contributed by atoms with Crippen molar-refractivity contribution in [3.8, 4) is 0 Å². The van der Waals surface area contributed by atoms with Crippen molar-refractivity contribution in [3.63, 3.8) is 0 Å². The number of nitrogens with zero attached hydrogens (tertiary/aromatic N) is 1. The minimum atomic E-state index is 0.185. The van der Waals surface area contributed by atoms with Gasteiger partial charge in [0.05, 0.1) is 6.04 Å². The standard InChI is InChI=1S/C15H20N2O/c1-11-6-2-3-7-12(11)14-10-18-15(17-14)13-8-4-5-9-16-13/h2-3,6-7,13-14,16H,4-5,8-10H2,1H3. The van der Waals surface area contributed by atoms with Crippen LogP contribution in [0.1, 0.15) is 36.4 Å². The Morgan fingerprint density at radius 1 is 1.28 bits per heavy atom. The molecule has 1 aromatic carbocycles. The summed E-state index contributed by atoms with van der Waals surface area (Å²) < 4.78 is 5.80. The van der Waals surface area contributed by atoms with E-state index >= 15 is 0 Å². The maximum atomic E-state index is 5.80. The number of nitrogens with one attached hydrogen (secondary N) is 1. The second-order valence-electron chi connectivity index (χ2n) is 5.15. The molecule has 0 amide bonds. The Labute approximate surface area is 108 Å². The molecular weight excluding hydrogens is 224 g/mol. The van der Waals surface area contributed by atoms with E-state index in [4.69, 9.17) is 9.73 Å². The molecule has 0 aliphatic carbocycles. The minimum absolute atomic E-state index is 0.185. The average molecular weight is 244 g/mol. The number of benzene rings is 1. The summed E-state index contributed by atoms with van der Waals surface area (Å²) in [6, 6.07) is 8.97. The van der Waals surface area contributed by atoms with Crippen LogP contribution >= 0.6 is 0 Å². The van der Waals surface area contributed by atoms with E-state index in [9.17, 15) is 0 Å². The monoisotopic (exact) mass is 244 g/mol. The lowest BCUT2D eigenvalue weighted by molar-refractivity contribution is 0.292. The third-order valence-corrected chi connectivity index (χ3v) is 3.83. The van der Waals surface area contributed by atoms with E-state index in [1.54, 1.807) is 0 Å². The van der Waals surface area contributed by atoms with Crippen LogP contribution in [0.15, 0.2) is 29.3 Å². The first-order valence-corrected chi connectivity index (χ1v) is 6.84. The van der Waals surface area contributed by atoms with E-state index in [2.05, 4.69) is 36.5 Å². The van der Waals surface area contributed by atoms with Gasteiger partial charge in [0.1, 0.15) is 12.6 Å². The first-order chi connectivity index (χ1) is 8.84. The zero-order chi connectivity index (χ0) is 12.4. The highest BCUT2D eigenvalue weighted by atomic mass is 16.5. The van der Waals surface area contributed by atoms with Gasteiger partial charge in [-0.3, -0.25) is 0 Å². The smallest absolute Gasteiger partial charge is 0.201 e. The molecule has 2 heterocycles. The Morgan fingerprint density at radius 3 is 2.94 bits per heavy atom. The Bertz CT molecular complexity index is 450. The van der Waals surface area contributed by atoms with Crippen molar-refractivity contribution in [2.75, 3.05) is 13.2 Å². The van der Waals surface area contributed by atoms with Gasteiger partial charge in [0.15, 0.2) is 0 Å². The Kier molecular flexibility index (Phi) is 3.33. The summed E-state index contributed by atoms with van der Waals surface area (Å²) in [7, 11) is 0. The summed E-state index contributed by atoms with van der Waals surface area (Å²) in [5, 5.41) is 3.49. The molecule has 3 heteroatoms. The van der Waals surface area contributed by atoms with Crippen molar-refractivity contribution in [3.05, 3.63) is 35.4 Å². The van der Waals surface area contributed by atoms with Gasteiger partial charge in [-0.15, -0.1) is 0 Å². The van der Waals surface area contributed by atoms with Gasteiger partial charge in [0.2, 0.25) is 5.90 Å². The van der Waals surface area contributed by atoms with Gasteiger partial charge < -0.3 is 10.1 Å². The highest BCUT2D eigenvalue weighted by molar-refractivity contribution is 5.83. The molecule has 96 valence electrons. The third kappa shape index (κ3) is 2.27. The van der Waals surface area contributed by atoms with E-state index in [0.717, 1.165) is 18.9 Å². The number of aliphatic imine (C=N–C) groups is 1. The lowest BCUT2D eigenvalue weighted by Crippen LogP contribution is -2.40. The van der Waals surface area contributed by atoms with E-state index in [0.29, 0.717) is 12.6 Å². The van der Waals surface area contributed by atoms with E-state index in [-0.39, 0.29) is 6.04 Å². The van der Waals surface area contributed by atoms with Crippen molar-refractivity contribution in [1.29, 1.82) is 0 Å². The summed E-state index contributed by atoms with van der Waals surface area (Å²) >= 11 is 0. The number of hydrogen-bond donors (Lipinski definition) is 1. The number of piperidine rings is 1. The van der Waals surface area contributed by atoms with Gasteiger partial charge >= 0.3 is 0 Å². The highest BCUT2D eigenvalue weighted by Crippen LogP contribution is 2.27. The average Bonchev–Trinajstić information content (AvgIpc) is 2.90. The summed E-state index contributed by atoms with van der Waals surface area (Å²) in [5.41, 5.74) is 2.59. The molecule has 1 fully saturated rings. The fraction of sp³-hybridized carbons (Fsp3) is 0.533. The molecule has 2 atom stereocenters. The fourth-order valence-electron chi connectivity index (χ4n) is 2.77. The SMILES string of the molecule is Cc1ccccc1C1COC(C2CCCCN2)=N1. The first-order valence-electron chi connectivity index (χ1n) is 6.84. The minimum Gasteiger partial charge on any atom is -0.477 e. The van der Waals surface area contributed by atoms with Gasteiger partial charge in [0, 0.05) is 0 Å². The van der Waals surface area contributed by atoms with Crippen LogP contribution in [-0.2, 0) is 4.74 Å². The molecule has 1 aromatic rings. The molecule has 3 nitrogen and oxygen atoms in total.